The van der Waals surface area contributed by atoms with Crippen LogP contribution in [0.5, 0.6) is 0 Å². The molecule has 1 atom stereocenters. The molecule has 27 heavy (non-hydrogen) atoms. The van der Waals surface area contributed by atoms with E-state index in [1.807, 2.05) is 26.1 Å². The molecule has 0 aliphatic heterocycles. The number of pyridine rings is 1. The Balaban J connectivity index is 1.91. The summed E-state index contributed by atoms with van der Waals surface area (Å²) in [6, 6.07) is 5.53. The van der Waals surface area contributed by atoms with Crippen molar-refractivity contribution in [2.45, 2.75) is 33.6 Å². The van der Waals surface area contributed by atoms with Gasteiger partial charge in [-0.05, 0) is 24.5 Å². The molecule has 0 radical (unpaired) electrons. The minimum atomic E-state index is -0.445. The Morgan fingerprint density at radius 3 is 2.70 bits per heavy atom. The molecule has 0 fully saturated rings. The van der Waals surface area contributed by atoms with Gasteiger partial charge < -0.3 is 0 Å². The summed E-state index contributed by atoms with van der Waals surface area (Å²) in [4.78, 5) is 9.11. The van der Waals surface area contributed by atoms with Crippen LogP contribution >= 0.6 is 0 Å². The van der Waals surface area contributed by atoms with E-state index >= 15 is 4.39 Å². The number of aryl methyl sites for hydroxylation is 2. The normalized spacial score (nSPS) is 12.8. The van der Waals surface area contributed by atoms with Crippen molar-refractivity contribution in [1.29, 1.82) is 0 Å². The van der Waals surface area contributed by atoms with E-state index < -0.39 is 5.95 Å². The van der Waals surface area contributed by atoms with Gasteiger partial charge in [-0.15, -0.1) is 5.10 Å². The molecule has 4 aromatic rings. The molecular formula is C19H22FN7. The summed E-state index contributed by atoms with van der Waals surface area (Å²) in [6.07, 6.45) is 5.16. The number of halogens is 1. The van der Waals surface area contributed by atoms with Crippen LogP contribution in [0.2, 0.25) is 0 Å². The van der Waals surface area contributed by atoms with Crippen molar-refractivity contribution < 1.29 is 4.39 Å². The van der Waals surface area contributed by atoms with Gasteiger partial charge in [0.2, 0.25) is 5.95 Å². The van der Waals surface area contributed by atoms with Crippen LogP contribution in [0.3, 0.4) is 0 Å². The Labute approximate surface area is 156 Å². The molecular weight excluding hydrogens is 345 g/mol. The van der Waals surface area contributed by atoms with Gasteiger partial charge in [-0.25, -0.2) is 9.97 Å². The molecule has 4 rings (SSSR count). The lowest BCUT2D eigenvalue weighted by molar-refractivity contribution is 0.541. The first-order chi connectivity index (χ1) is 13.0. The zero-order valence-electron chi connectivity index (χ0n) is 15.9. The smallest absolute Gasteiger partial charge is 0.229 e. The fourth-order valence-electron chi connectivity index (χ4n) is 3.05. The van der Waals surface area contributed by atoms with Crippen LogP contribution in [-0.2, 0) is 13.5 Å². The summed E-state index contributed by atoms with van der Waals surface area (Å²) in [6.45, 7) is 6.20. The average molecular weight is 367 g/mol. The van der Waals surface area contributed by atoms with Gasteiger partial charge in [-0.1, -0.05) is 26.3 Å². The second kappa shape index (κ2) is 6.61. The summed E-state index contributed by atoms with van der Waals surface area (Å²) in [7, 11) is 1.82. The van der Waals surface area contributed by atoms with E-state index in [9.17, 15) is 0 Å². The highest BCUT2D eigenvalue weighted by Gasteiger charge is 2.23. The van der Waals surface area contributed by atoms with Crippen molar-refractivity contribution in [2.75, 3.05) is 0 Å². The van der Waals surface area contributed by atoms with Crippen molar-refractivity contribution >= 4 is 5.65 Å². The Kier molecular flexibility index (Phi) is 4.25. The number of hydrogen-bond donors (Lipinski definition) is 0. The Morgan fingerprint density at radius 1 is 1.19 bits per heavy atom. The summed E-state index contributed by atoms with van der Waals surface area (Å²) in [5.41, 5.74) is 1.68. The lowest BCUT2D eigenvalue weighted by Gasteiger charge is -2.04. The number of rotatable bonds is 5. The van der Waals surface area contributed by atoms with Gasteiger partial charge >= 0.3 is 0 Å². The molecule has 0 bridgehead atoms. The molecule has 0 spiro atoms. The molecule has 0 aliphatic rings. The van der Waals surface area contributed by atoms with Crippen LogP contribution < -0.4 is 0 Å². The molecule has 0 aromatic carbocycles. The minimum absolute atomic E-state index is 0.185. The highest BCUT2D eigenvalue weighted by Crippen LogP contribution is 2.25. The maximum Gasteiger partial charge on any atom is 0.229 e. The Hall–Kier alpha value is -3.03. The van der Waals surface area contributed by atoms with Crippen LogP contribution in [0, 0.1) is 18.8 Å². The minimum Gasteiger partial charge on any atom is -0.275 e. The van der Waals surface area contributed by atoms with E-state index in [-0.39, 0.29) is 5.69 Å². The van der Waals surface area contributed by atoms with Crippen LogP contribution in [0.15, 0.2) is 30.6 Å². The van der Waals surface area contributed by atoms with Gasteiger partial charge in [0.05, 0.1) is 6.20 Å². The van der Waals surface area contributed by atoms with E-state index in [0.717, 1.165) is 18.4 Å². The topological polar surface area (TPSA) is 65.8 Å². The molecule has 0 N–H and O–H groups in total. The summed E-state index contributed by atoms with van der Waals surface area (Å²) < 4.78 is 19.9. The maximum atomic E-state index is 15.2. The first-order valence-electron chi connectivity index (χ1n) is 9.06. The highest BCUT2D eigenvalue weighted by molar-refractivity contribution is 5.59. The molecule has 0 amide bonds. The van der Waals surface area contributed by atoms with E-state index in [1.54, 1.807) is 27.8 Å². The molecule has 1 unspecified atom stereocenters. The Bertz CT molecular complexity index is 1100. The average Bonchev–Trinajstić information content (AvgIpc) is 3.33. The third kappa shape index (κ3) is 3.01. The van der Waals surface area contributed by atoms with Crippen LogP contribution in [0.4, 0.5) is 4.39 Å². The first kappa shape index (κ1) is 17.4. The SMILES string of the molecule is CCC(C)Cc1nc(-c2nc3ccc(C)cn3c2F)n(-c2ccnn2C)n1. The van der Waals surface area contributed by atoms with Gasteiger partial charge in [-0.3, -0.25) is 9.08 Å². The molecule has 7 nitrogen and oxygen atoms in total. The second-order valence-electron chi connectivity index (χ2n) is 6.98. The number of hydrogen-bond acceptors (Lipinski definition) is 4. The largest absolute Gasteiger partial charge is 0.275 e. The van der Waals surface area contributed by atoms with Crippen molar-refractivity contribution in [3.05, 3.63) is 47.9 Å². The van der Waals surface area contributed by atoms with Crippen molar-refractivity contribution in [3.63, 3.8) is 0 Å². The third-order valence-electron chi connectivity index (χ3n) is 4.81. The van der Waals surface area contributed by atoms with Gasteiger partial charge in [0.1, 0.15) is 5.65 Å². The number of nitrogens with zero attached hydrogens (tertiary/aromatic N) is 7. The molecule has 8 heteroatoms. The van der Waals surface area contributed by atoms with Crippen molar-refractivity contribution in [3.8, 4) is 17.3 Å². The number of imidazole rings is 1. The van der Waals surface area contributed by atoms with E-state index in [1.165, 1.54) is 4.40 Å². The standard InChI is InChI=1S/C19H22FN7/c1-5-12(2)10-14-22-19(27(24-14)16-8-9-21-25(16)4)17-18(20)26-11-13(3)6-7-15(26)23-17/h6-9,11-12H,5,10H2,1-4H3. The predicted molar refractivity (Wildman–Crippen MR) is 100 cm³/mol. The van der Waals surface area contributed by atoms with Gasteiger partial charge in [0.25, 0.3) is 0 Å². The fraction of sp³-hybridized carbons (Fsp3) is 0.368. The number of aromatic nitrogens is 7. The monoisotopic (exact) mass is 367 g/mol. The quantitative estimate of drug-likeness (QED) is 0.543. The molecule has 140 valence electrons. The number of fused-ring (bicyclic) bond motifs is 1. The fourth-order valence-corrected chi connectivity index (χ4v) is 3.05. The van der Waals surface area contributed by atoms with Crippen LogP contribution in [0.25, 0.3) is 23.0 Å². The predicted octanol–water partition coefficient (Wildman–Crippen LogP) is 3.35. The summed E-state index contributed by atoms with van der Waals surface area (Å²) in [5, 5.41) is 8.84. The molecule has 4 heterocycles. The van der Waals surface area contributed by atoms with E-state index in [0.29, 0.717) is 29.0 Å². The van der Waals surface area contributed by atoms with Crippen LogP contribution in [0.1, 0.15) is 31.7 Å². The lowest BCUT2D eigenvalue weighted by Crippen LogP contribution is -2.07. The second-order valence-corrected chi connectivity index (χ2v) is 6.98. The lowest BCUT2D eigenvalue weighted by atomic mass is 10.1. The van der Waals surface area contributed by atoms with Crippen LogP contribution in [-0.4, -0.2) is 33.9 Å². The zero-order valence-corrected chi connectivity index (χ0v) is 15.9. The highest BCUT2D eigenvalue weighted by atomic mass is 19.1. The molecule has 0 aliphatic carbocycles. The summed E-state index contributed by atoms with van der Waals surface area (Å²) in [5.74, 6) is 1.76. The van der Waals surface area contributed by atoms with Crippen molar-refractivity contribution in [1.82, 2.24) is 33.9 Å². The van der Waals surface area contributed by atoms with E-state index in [4.69, 9.17) is 0 Å². The zero-order chi connectivity index (χ0) is 19.1. The Morgan fingerprint density at radius 2 is 2.00 bits per heavy atom. The molecule has 0 saturated carbocycles. The maximum absolute atomic E-state index is 15.2. The summed E-state index contributed by atoms with van der Waals surface area (Å²) >= 11 is 0. The third-order valence-corrected chi connectivity index (χ3v) is 4.81. The molecule has 0 saturated heterocycles. The van der Waals surface area contributed by atoms with Gasteiger partial charge in [0.15, 0.2) is 23.2 Å². The molecule has 4 aromatic heterocycles. The van der Waals surface area contributed by atoms with E-state index in [2.05, 4.69) is 34.0 Å². The van der Waals surface area contributed by atoms with Gasteiger partial charge in [0, 0.05) is 25.7 Å². The first-order valence-corrected chi connectivity index (χ1v) is 9.06. The van der Waals surface area contributed by atoms with Gasteiger partial charge in [-0.2, -0.15) is 14.2 Å². The van der Waals surface area contributed by atoms with Crippen molar-refractivity contribution in [2.24, 2.45) is 13.0 Å².